The van der Waals surface area contributed by atoms with Gasteiger partial charge in [0, 0.05) is 39.2 Å². The maximum atomic E-state index is 12.9. The number of rotatable bonds is 4. The molecule has 1 unspecified atom stereocenters. The molecule has 7 nitrogen and oxygen atoms in total. The number of aromatic amines is 1. The van der Waals surface area contributed by atoms with E-state index < -0.39 is 0 Å². The van der Waals surface area contributed by atoms with Crippen LogP contribution in [0.4, 0.5) is 0 Å². The second-order valence-electron chi connectivity index (χ2n) is 8.59. The van der Waals surface area contributed by atoms with Crippen LogP contribution in [-0.4, -0.2) is 38.8 Å². The smallest absolute Gasteiger partial charge is 0.267 e. The molecule has 5 aromatic rings. The normalized spacial score (nSPS) is 15.4. The molecule has 0 radical (unpaired) electrons. The topological polar surface area (TPSA) is 84.8 Å². The lowest BCUT2D eigenvalue weighted by atomic mass is 9.93. The first-order valence-corrected chi connectivity index (χ1v) is 12.0. The Morgan fingerprint density at radius 1 is 1.21 bits per heavy atom. The van der Waals surface area contributed by atoms with E-state index in [-0.39, 0.29) is 11.9 Å². The van der Waals surface area contributed by atoms with Gasteiger partial charge in [-0.3, -0.25) is 9.78 Å². The lowest BCUT2D eigenvalue weighted by Gasteiger charge is -2.22. The molecule has 0 bridgehead atoms. The van der Waals surface area contributed by atoms with Gasteiger partial charge in [0.25, 0.3) is 5.91 Å². The number of H-pyrrole nitrogens is 1. The molecule has 3 heterocycles. The van der Waals surface area contributed by atoms with E-state index in [2.05, 4.69) is 37.4 Å². The van der Waals surface area contributed by atoms with Crippen LogP contribution in [0, 0.1) is 0 Å². The van der Waals surface area contributed by atoms with E-state index in [1.165, 1.54) is 0 Å². The summed E-state index contributed by atoms with van der Waals surface area (Å²) >= 11 is 3.48. The number of benzene rings is 2. The van der Waals surface area contributed by atoms with Crippen molar-refractivity contribution >= 4 is 43.6 Å². The lowest BCUT2D eigenvalue weighted by Crippen LogP contribution is -2.38. The van der Waals surface area contributed by atoms with Gasteiger partial charge in [-0.2, -0.15) is 5.10 Å². The van der Waals surface area contributed by atoms with E-state index in [0.717, 1.165) is 68.2 Å². The van der Waals surface area contributed by atoms with E-state index in [4.69, 9.17) is 9.84 Å². The number of hydrogen-bond donors (Lipinski definition) is 2. The fourth-order valence-corrected chi connectivity index (χ4v) is 5.06. The molecular formula is C26H22BrN5O2. The van der Waals surface area contributed by atoms with Crippen molar-refractivity contribution in [3.63, 3.8) is 0 Å². The molecule has 1 aliphatic rings. The van der Waals surface area contributed by atoms with Gasteiger partial charge in [-0.15, -0.1) is 0 Å². The van der Waals surface area contributed by atoms with Gasteiger partial charge in [-0.05, 0) is 73.4 Å². The number of aromatic nitrogens is 4. The first-order valence-electron chi connectivity index (χ1n) is 11.2. The van der Waals surface area contributed by atoms with Crippen LogP contribution in [0.2, 0.25) is 0 Å². The molecule has 0 saturated carbocycles. The summed E-state index contributed by atoms with van der Waals surface area (Å²) in [5.74, 6) is 0.700. The van der Waals surface area contributed by atoms with Gasteiger partial charge in [-0.1, -0.05) is 15.9 Å². The Kier molecular flexibility index (Phi) is 5.10. The Morgan fingerprint density at radius 3 is 3.00 bits per heavy atom. The largest absolute Gasteiger partial charge is 0.497 e. The van der Waals surface area contributed by atoms with Crippen LogP contribution in [0.5, 0.6) is 5.75 Å². The van der Waals surface area contributed by atoms with E-state index in [0.29, 0.717) is 5.69 Å². The van der Waals surface area contributed by atoms with Crippen molar-refractivity contribution in [3.8, 4) is 11.4 Å². The van der Waals surface area contributed by atoms with E-state index >= 15 is 0 Å². The molecule has 6 rings (SSSR count). The molecule has 0 fully saturated rings. The van der Waals surface area contributed by atoms with Crippen molar-refractivity contribution < 1.29 is 9.53 Å². The predicted octanol–water partition coefficient (Wildman–Crippen LogP) is 4.96. The van der Waals surface area contributed by atoms with E-state index in [9.17, 15) is 4.79 Å². The molecule has 2 aromatic carbocycles. The molecule has 0 aliphatic heterocycles. The average Bonchev–Trinajstić information content (AvgIpc) is 3.47. The van der Waals surface area contributed by atoms with E-state index in [1.54, 1.807) is 13.3 Å². The van der Waals surface area contributed by atoms with Crippen LogP contribution < -0.4 is 10.1 Å². The van der Waals surface area contributed by atoms with Gasteiger partial charge in [0.1, 0.15) is 11.4 Å². The fourth-order valence-electron chi connectivity index (χ4n) is 4.68. The maximum absolute atomic E-state index is 12.9. The van der Waals surface area contributed by atoms with Crippen molar-refractivity contribution in [3.05, 3.63) is 82.3 Å². The summed E-state index contributed by atoms with van der Waals surface area (Å²) in [6, 6.07) is 15.7. The highest BCUT2D eigenvalue weighted by Crippen LogP contribution is 2.28. The number of methoxy groups -OCH3 is 1. The molecule has 0 spiro atoms. The molecule has 34 heavy (non-hydrogen) atoms. The summed E-state index contributed by atoms with van der Waals surface area (Å²) in [6.07, 6.45) is 6.29. The Labute approximate surface area is 204 Å². The minimum absolute atomic E-state index is 0.0603. The number of nitrogens with zero attached hydrogens (tertiary/aromatic N) is 3. The Balaban J connectivity index is 1.24. The van der Waals surface area contributed by atoms with Crippen LogP contribution in [0.15, 0.2) is 65.4 Å². The second-order valence-corrected chi connectivity index (χ2v) is 9.50. The Morgan fingerprint density at radius 2 is 2.12 bits per heavy atom. The number of fused-ring (bicyclic) bond motifs is 3. The highest BCUT2D eigenvalue weighted by Gasteiger charge is 2.24. The Bertz CT molecular complexity index is 1550. The molecule has 2 N–H and O–H groups in total. The number of carbonyl (C=O) groups is 1. The number of pyridine rings is 1. The zero-order chi connectivity index (χ0) is 23.2. The third kappa shape index (κ3) is 3.74. The number of carbonyl (C=O) groups excluding carboxylic acids is 1. The molecule has 1 atom stereocenters. The number of halogens is 1. The summed E-state index contributed by atoms with van der Waals surface area (Å²) in [5.41, 5.74) is 5.61. The number of nitrogens with one attached hydrogen (secondary N) is 2. The van der Waals surface area contributed by atoms with Gasteiger partial charge in [0.05, 0.1) is 24.0 Å². The summed E-state index contributed by atoms with van der Waals surface area (Å²) < 4.78 is 8.32. The van der Waals surface area contributed by atoms with Gasteiger partial charge >= 0.3 is 0 Å². The lowest BCUT2D eigenvalue weighted by molar-refractivity contribution is 0.0929. The Hall–Kier alpha value is -3.65. The van der Waals surface area contributed by atoms with Crippen LogP contribution in [0.3, 0.4) is 0 Å². The number of hydrogen-bond acceptors (Lipinski definition) is 4. The molecule has 1 amide bonds. The number of amides is 1. The minimum Gasteiger partial charge on any atom is -0.497 e. The van der Waals surface area contributed by atoms with Gasteiger partial charge in [-0.25, -0.2) is 4.68 Å². The van der Waals surface area contributed by atoms with Gasteiger partial charge < -0.3 is 15.0 Å². The molecule has 170 valence electrons. The highest BCUT2D eigenvalue weighted by atomic mass is 79.9. The van der Waals surface area contributed by atoms with Gasteiger partial charge in [0.2, 0.25) is 0 Å². The summed E-state index contributed by atoms with van der Waals surface area (Å²) in [6.45, 7) is 0. The van der Waals surface area contributed by atoms with Crippen molar-refractivity contribution in [1.29, 1.82) is 0 Å². The highest BCUT2D eigenvalue weighted by molar-refractivity contribution is 9.10. The zero-order valence-electron chi connectivity index (χ0n) is 18.5. The third-order valence-electron chi connectivity index (χ3n) is 6.41. The molecule has 0 saturated heterocycles. The van der Waals surface area contributed by atoms with Crippen molar-refractivity contribution in [1.82, 2.24) is 25.1 Å². The number of ether oxygens (including phenoxy) is 1. The molecule has 8 heteroatoms. The van der Waals surface area contributed by atoms with Crippen LogP contribution in [0.1, 0.15) is 28.2 Å². The van der Waals surface area contributed by atoms with E-state index in [1.807, 2.05) is 53.2 Å². The van der Waals surface area contributed by atoms with Crippen LogP contribution in [0.25, 0.3) is 27.5 Å². The summed E-state index contributed by atoms with van der Waals surface area (Å²) in [5, 5.41) is 10.1. The van der Waals surface area contributed by atoms with Crippen molar-refractivity contribution in [2.24, 2.45) is 0 Å². The second kappa shape index (κ2) is 8.29. The number of aryl methyl sites for hydroxylation is 1. The quantitative estimate of drug-likeness (QED) is 0.354. The minimum atomic E-state index is -0.0830. The average molecular weight is 516 g/mol. The third-order valence-corrected chi connectivity index (χ3v) is 6.90. The maximum Gasteiger partial charge on any atom is 0.267 e. The van der Waals surface area contributed by atoms with Crippen molar-refractivity contribution in [2.75, 3.05) is 7.11 Å². The molecule has 3 aromatic heterocycles. The standard InChI is InChI=1S/C26H22BrN5O2/c1-34-19-4-7-23-20(13-19)25(8-9-28-23)32-14-16-11-18(3-6-22(16)31-32)29-26(33)24-12-15-10-17(27)2-5-21(15)30-24/h2,4-5,7-10,12-14,18,30H,3,6,11H2,1H3,(H,29,33). The molecule has 1 aliphatic carbocycles. The van der Waals surface area contributed by atoms with Gasteiger partial charge in [0.15, 0.2) is 0 Å². The first kappa shape index (κ1) is 20.9. The monoisotopic (exact) mass is 515 g/mol. The zero-order valence-corrected chi connectivity index (χ0v) is 20.1. The first-order chi connectivity index (χ1) is 16.6. The SMILES string of the molecule is COc1ccc2nccc(-n3cc4c(n3)CCC(NC(=O)c3cc5cc(Br)ccc5[nH]3)C4)c2c1. The summed E-state index contributed by atoms with van der Waals surface area (Å²) in [4.78, 5) is 20.6. The van der Waals surface area contributed by atoms with Crippen LogP contribution >= 0.6 is 15.9 Å². The fraction of sp³-hybridized carbons (Fsp3) is 0.192. The summed E-state index contributed by atoms with van der Waals surface area (Å²) in [7, 11) is 1.66. The van der Waals surface area contributed by atoms with Crippen LogP contribution in [-0.2, 0) is 12.8 Å². The molecular weight excluding hydrogens is 494 g/mol. The van der Waals surface area contributed by atoms with Crippen molar-refractivity contribution in [2.45, 2.75) is 25.3 Å². The predicted molar refractivity (Wildman–Crippen MR) is 135 cm³/mol.